The van der Waals surface area contributed by atoms with Crippen molar-refractivity contribution < 1.29 is 9.13 Å². The number of hydrogen-bond donors (Lipinski definition) is 1. The zero-order chi connectivity index (χ0) is 15.2. The number of benzene rings is 2. The molecule has 0 aromatic heterocycles. The number of halogens is 2. The largest absolute Gasteiger partial charge is 0.496 e. The van der Waals surface area contributed by atoms with E-state index in [2.05, 4.69) is 0 Å². The monoisotopic (exact) mass is 307 g/mol. The van der Waals surface area contributed by atoms with Crippen molar-refractivity contribution in [2.75, 3.05) is 13.7 Å². The first-order valence-corrected chi connectivity index (χ1v) is 7.27. The summed E-state index contributed by atoms with van der Waals surface area (Å²) >= 11 is 6.05. The number of nitrogens with two attached hydrogens (primary N) is 1. The van der Waals surface area contributed by atoms with Crippen molar-refractivity contribution in [3.63, 3.8) is 0 Å². The van der Waals surface area contributed by atoms with Gasteiger partial charge in [0.05, 0.1) is 7.11 Å². The summed E-state index contributed by atoms with van der Waals surface area (Å²) in [6.07, 6.45) is 1.57. The molecule has 0 radical (unpaired) electrons. The lowest BCUT2D eigenvalue weighted by atomic mass is 9.92. The van der Waals surface area contributed by atoms with E-state index in [0.29, 0.717) is 11.6 Å². The van der Waals surface area contributed by atoms with E-state index in [1.807, 2.05) is 12.1 Å². The van der Waals surface area contributed by atoms with E-state index in [9.17, 15) is 4.39 Å². The lowest BCUT2D eigenvalue weighted by Gasteiger charge is -2.17. The van der Waals surface area contributed by atoms with Crippen molar-refractivity contribution in [3.8, 4) is 5.75 Å². The summed E-state index contributed by atoms with van der Waals surface area (Å²) < 4.78 is 18.3. The Kier molecular flexibility index (Phi) is 5.59. The van der Waals surface area contributed by atoms with Gasteiger partial charge >= 0.3 is 0 Å². The molecule has 1 atom stereocenters. The van der Waals surface area contributed by atoms with Crippen molar-refractivity contribution >= 4 is 11.6 Å². The van der Waals surface area contributed by atoms with Crippen LogP contribution in [0.15, 0.2) is 42.5 Å². The van der Waals surface area contributed by atoms with Crippen LogP contribution in [0.25, 0.3) is 0 Å². The van der Waals surface area contributed by atoms with Gasteiger partial charge in [-0.2, -0.15) is 0 Å². The Balaban J connectivity index is 2.11. The summed E-state index contributed by atoms with van der Waals surface area (Å²) in [5.41, 5.74) is 8.00. The number of hydrogen-bond acceptors (Lipinski definition) is 2. The lowest BCUT2D eigenvalue weighted by molar-refractivity contribution is 0.404. The fourth-order valence-electron chi connectivity index (χ4n) is 2.41. The van der Waals surface area contributed by atoms with Crippen LogP contribution in [0.3, 0.4) is 0 Å². The Bertz CT molecular complexity index is 586. The minimum Gasteiger partial charge on any atom is -0.496 e. The molecule has 112 valence electrons. The third-order valence-electron chi connectivity index (χ3n) is 3.52. The van der Waals surface area contributed by atoms with Crippen LogP contribution in [0.4, 0.5) is 4.39 Å². The number of rotatable bonds is 6. The Labute approximate surface area is 129 Å². The molecule has 0 saturated carbocycles. The molecule has 1 unspecified atom stereocenters. The molecule has 0 aliphatic heterocycles. The normalized spacial score (nSPS) is 12.2. The molecular weight excluding hydrogens is 289 g/mol. The second kappa shape index (κ2) is 7.43. The minimum absolute atomic E-state index is 0.223. The van der Waals surface area contributed by atoms with Gasteiger partial charge in [0.2, 0.25) is 0 Å². The summed E-state index contributed by atoms with van der Waals surface area (Å²) in [6, 6.07) is 12.1. The van der Waals surface area contributed by atoms with Gasteiger partial charge in [0.25, 0.3) is 0 Å². The van der Waals surface area contributed by atoms with Crippen LogP contribution in [-0.4, -0.2) is 13.7 Å². The maximum atomic E-state index is 12.9. The lowest BCUT2D eigenvalue weighted by Crippen LogP contribution is -2.19. The van der Waals surface area contributed by atoms with Crippen molar-refractivity contribution in [1.82, 2.24) is 0 Å². The molecule has 4 heteroatoms. The van der Waals surface area contributed by atoms with E-state index in [1.165, 1.54) is 12.1 Å². The molecule has 2 rings (SSSR count). The molecular formula is C17H19ClFNO. The minimum atomic E-state index is -0.223. The molecule has 0 fully saturated rings. The Hall–Kier alpha value is -1.58. The maximum Gasteiger partial charge on any atom is 0.123 e. The Morgan fingerprint density at radius 2 is 1.86 bits per heavy atom. The fourth-order valence-corrected chi connectivity index (χ4v) is 2.61. The van der Waals surface area contributed by atoms with Crippen molar-refractivity contribution in [2.24, 2.45) is 11.7 Å². The second-order valence-electron chi connectivity index (χ2n) is 5.09. The van der Waals surface area contributed by atoms with Crippen LogP contribution >= 0.6 is 11.6 Å². The first kappa shape index (κ1) is 15.8. The van der Waals surface area contributed by atoms with Crippen molar-refractivity contribution in [1.29, 1.82) is 0 Å². The van der Waals surface area contributed by atoms with E-state index in [-0.39, 0.29) is 11.7 Å². The highest BCUT2D eigenvalue weighted by molar-refractivity contribution is 6.30. The zero-order valence-corrected chi connectivity index (χ0v) is 12.7. The predicted molar refractivity (Wildman–Crippen MR) is 84.4 cm³/mol. The molecule has 0 spiro atoms. The van der Waals surface area contributed by atoms with E-state index in [1.54, 1.807) is 25.3 Å². The topological polar surface area (TPSA) is 35.2 Å². The molecule has 2 aromatic carbocycles. The van der Waals surface area contributed by atoms with Gasteiger partial charge in [0, 0.05) is 5.02 Å². The van der Waals surface area contributed by atoms with Gasteiger partial charge in [-0.25, -0.2) is 4.39 Å². The van der Waals surface area contributed by atoms with E-state index < -0.39 is 0 Å². The summed E-state index contributed by atoms with van der Waals surface area (Å²) in [7, 11) is 1.64. The summed E-state index contributed by atoms with van der Waals surface area (Å²) in [6.45, 7) is 0.549. The van der Waals surface area contributed by atoms with Crippen LogP contribution in [0.2, 0.25) is 5.02 Å². The molecule has 0 aliphatic carbocycles. The smallest absolute Gasteiger partial charge is 0.123 e. The first-order chi connectivity index (χ1) is 10.1. The molecule has 0 amide bonds. The highest BCUT2D eigenvalue weighted by Crippen LogP contribution is 2.26. The average Bonchev–Trinajstić information content (AvgIpc) is 2.49. The summed E-state index contributed by atoms with van der Waals surface area (Å²) in [5.74, 6) is 0.847. The molecule has 0 heterocycles. The third kappa shape index (κ3) is 4.45. The molecule has 0 saturated heterocycles. The van der Waals surface area contributed by atoms with Crippen LogP contribution in [-0.2, 0) is 12.8 Å². The highest BCUT2D eigenvalue weighted by Gasteiger charge is 2.13. The summed E-state index contributed by atoms with van der Waals surface area (Å²) in [4.78, 5) is 0. The molecule has 2 nitrogen and oxygen atoms in total. The van der Waals surface area contributed by atoms with Gasteiger partial charge in [0.1, 0.15) is 11.6 Å². The predicted octanol–water partition coefficient (Wildman–Crippen LogP) is 3.85. The molecule has 0 bridgehead atoms. The average molecular weight is 308 g/mol. The standard InChI is InChI=1S/C17H19ClFNO/c1-21-17-7-4-15(18)10-14(17)9-13(11-20)8-12-2-5-16(19)6-3-12/h2-7,10,13H,8-9,11,20H2,1H3. The van der Waals surface area contributed by atoms with E-state index in [0.717, 1.165) is 29.7 Å². The molecule has 2 aromatic rings. The quantitative estimate of drug-likeness (QED) is 0.880. The third-order valence-corrected chi connectivity index (χ3v) is 3.76. The van der Waals surface area contributed by atoms with E-state index in [4.69, 9.17) is 22.1 Å². The van der Waals surface area contributed by atoms with Gasteiger partial charge in [0.15, 0.2) is 0 Å². The number of ether oxygens (including phenoxy) is 1. The van der Waals surface area contributed by atoms with Crippen molar-refractivity contribution in [2.45, 2.75) is 12.8 Å². The molecule has 2 N–H and O–H groups in total. The summed E-state index contributed by atoms with van der Waals surface area (Å²) in [5, 5.41) is 0.684. The Morgan fingerprint density at radius 3 is 2.48 bits per heavy atom. The van der Waals surface area contributed by atoms with Gasteiger partial charge in [-0.05, 0) is 66.8 Å². The van der Waals surface area contributed by atoms with Gasteiger partial charge in [-0.1, -0.05) is 23.7 Å². The van der Waals surface area contributed by atoms with Crippen LogP contribution < -0.4 is 10.5 Å². The maximum absolute atomic E-state index is 12.9. The van der Waals surface area contributed by atoms with Crippen LogP contribution in [0, 0.1) is 11.7 Å². The molecule has 21 heavy (non-hydrogen) atoms. The van der Waals surface area contributed by atoms with Gasteiger partial charge in [-0.3, -0.25) is 0 Å². The van der Waals surface area contributed by atoms with Gasteiger partial charge in [-0.15, -0.1) is 0 Å². The second-order valence-corrected chi connectivity index (χ2v) is 5.53. The van der Waals surface area contributed by atoms with E-state index >= 15 is 0 Å². The van der Waals surface area contributed by atoms with Gasteiger partial charge < -0.3 is 10.5 Å². The Morgan fingerprint density at radius 1 is 1.14 bits per heavy atom. The fraction of sp³-hybridized carbons (Fsp3) is 0.294. The number of methoxy groups -OCH3 is 1. The first-order valence-electron chi connectivity index (χ1n) is 6.89. The van der Waals surface area contributed by atoms with Crippen molar-refractivity contribution in [3.05, 3.63) is 64.4 Å². The molecule has 0 aliphatic rings. The SMILES string of the molecule is COc1ccc(Cl)cc1CC(CN)Cc1ccc(F)cc1. The van der Waals surface area contributed by atoms with Crippen LogP contribution in [0.5, 0.6) is 5.75 Å². The zero-order valence-electron chi connectivity index (χ0n) is 12.0. The van der Waals surface area contributed by atoms with Crippen LogP contribution in [0.1, 0.15) is 11.1 Å². The highest BCUT2D eigenvalue weighted by atomic mass is 35.5.